The second-order valence-electron chi connectivity index (χ2n) is 3.68. The van der Waals surface area contributed by atoms with Crippen molar-refractivity contribution in [3.63, 3.8) is 0 Å². The molecule has 1 atom stereocenters. The average Bonchev–Trinajstić information content (AvgIpc) is 2.56. The van der Waals surface area contributed by atoms with Gasteiger partial charge in [-0.25, -0.2) is 0 Å². The summed E-state index contributed by atoms with van der Waals surface area (Å²) in [7, 11) is 1.68. The first-order valence-electron chi connectivity index (χ1n) is 5.15. The van der Waals surface area contributed by atoms with Crippen molar-refractivity contribution in [2.75, 3.05) is 24.8 Å². The molecular weight excluding hydrogens is 304 g/mol. The molecule has 2 rings (SSSR count). The summed E-state index contributed by atoms with van der Waals surface area (Å²) in [5.74, 6) is 0.722. The number of methoxy groups -OCH3 is 1. The number of fused-ring (bicyclic) bond motifs is 1. The fourth-order valence-electron chi connectivity index (χ4n) is 1.63. The Bertz CT molecular complexity index is 453. The summed E-state index contributed by atoms with van der Waals surface area (Å²) in [6.07, 6.45) is 0. The van der Waals surface area contributed by atoms with Gasteiger partial charge in [-0.1, -0.05) is 0 Å². The Hall–Kier alpha value is -0.560. The van der Waals surface area contributed by atoms with Gasteiger partial charge >= 0.3 is 0 Å². The highest BCUT2D eigenvalue weighted by Gasteiger charge is 2.28. The normalized spacial score (nSPS) is 18.1. The van der Waals surface area contributed by atoms with Gasteiger partial charge in [0.1, 0.15) is 6.04 Å². The quantitative estimate of drug-likeness (QED) is 0.660. The van der Waals surface area contributed by atoms with Gasteiger partial charge in [0.25, 0.3) is 0 Å². The van der Waals surface area contributed by atoms with Crippen molar-refractivity contribution in [2.24, 2.45) is 5.73 Å². The first-order chi connectivity index (χ1) is 8.13. The Morgan fingerprint density at radius 3 is 3.06 bits per heavy atom. The number of anilines is 1. The Morgan fingerprint density at radius 1 is 1.59 bits per heavy atom. The third-order valence-electron chi connectivity index (χ3n) is 2.52. The Morgan fingerprint density at radius 2 is 2.35 bits per heavy atom. The van der Waals surface area contributed by atoms with Gasteiger partial charge in [0, 0.05) is 33.5 Å². The summed E-state index contributed by atoms with van der Waals surface area (Å²) in [4.78, 5) is 12.5. The molecule has 6 heteroatoms. The molecule has 92 valence electrons. The lowest BCUT2D eigenvalue weighted by Gasteiger charge is -2.08. The molecule has 0 fully saturated rings. The predicted molar refractivity (Wildman–Crippen MR) is 72.3 cm³/mol. The van der Waals surface area contributed by atoms with Crippen LogP contribution in [0.2, 0.25) is 0 Å². The molecule has 1 aromatic rings. The minimum atomic E-state index is -0.556. The van der Waals surface area contributed by atoms with E-state index >= 15 is 0 Å². The van der Waals surface area contributed by atoms with Crippen LogP contribution in [0.1, 0.15) is 11.6 Å². The number of hydrogen-bond donors (Lipinski definition) is 2. The molecule has 0 spiro atoms. The molecule has 1 heterocycles. The number of amides is 1. The highest BCUT2D eigenvalue weighted by molar-refractivity contribution is 9.10. The lowest BCUT2D eigenvalue weighted by molar-refractivity contribution is -0.116. The number of carbonyl (C=O) groups is 1. The highest BCUT2D eigenvalue weighted by Crippen LogP contribution is 2.38. The van der Waals surface area contributed by atoms with E-state index < -0.39 is 6.04 Å². The van der Waals surface area contributed by atoms with Gasteiger partial charge in [0.2, 0.25) is 5.91 Å². The van der Waals surface area contributed by atoms with Crippen molar-refractivity contribution in [3.05, 3.63) is 22.2 Å². The van der Waals surface area contributed by atoms with Crippen LogP contribution in [0.25, 0.3) is 0 Å². The van der Waals surface area contributed by atoms with E-state index in [1.807, 2.05) is 12.1 Å². The molecule has 1 aromatic carbocycles. The first kappa shape index (κ1) is 12.9. The van der Waals surface area contributed by atoms with Crippen molar-refractivity contribution in [3.8, 4) is 0 Å². The third kappa shape index (κ3) is 2.65. The zero-order chi connectivity index (χ0) is 12.4. The van der Waals surface area contributed by atoms with E-state index in [2.05, 4.69) is 21.2 Å². The molecule has 0 saturated heterocycles. The second-order valence-corrected chi connectivity index (χ2v) is 5.67. The van der Waals surface area contributed by atoms with Gasteiger partial charge in [-0.05, 0) is 28.1 Å². The maximum absolute atomic E-state index is 11.4. The van der Waals surface area contributed by atoms with Crippen LogP contribution in [0.3, 0.4) is 0 Å². The number of thioether (sulfide) groups is 1. The average molecular weight is 317 g/mol. The lowest BCUT2D eigenvalue weighted by Crippen LogP contribution is -2.19. The summed E-state index contributed by atoms with van der Waals surface area (Å²) in [5.41, 5.74) is 7.43. The van der Waals surface area contributed by atoms with Gasteiger partial charge in [0.05, 0.1) is 6.61 Å². The molecular formula is C11H13BrN2O2S. The SMILES string of the molecule is COCCSc1cc2c(cc1Br)C(N)C(=O)N2. The largest absolute Gasteiger partial charge is 0.384 e. The maximum atomic E-state index is 11.4. The van der Waals surface area contributed by atoms with E-state index in [1.54, 1.807) is 18.9 Å². The molecule has 0 saturated carbocycles. The van der Waals surface area contributed by atoms with Crippen LogP contribution >= 0.6 is 27.7 Å². The molecule has 1 amide bonds. The molecule has 4 nitrogen and oxygen atoms in total. The molecule has 0 aliphatic carbocycles. The van der Waals surface area contributed by atoms with Crippen LogP contribution in [-0.4, -0.2) is 25.4 Å². The van der Waals surface area contributed by atoms with Gasteiger partial charge < -0.3 is 15.8 Å². The van der Waals surface area contributed by atoms with Gasteiger partial charge in [-0.2, -0.15) is 0 Å². The number of halogens is 1. The Kier molecular flexibility index (Phi) is 4.09. The van der Waals surface area contributed by atoms with Crippen LogP contribution in [-0.2, 0) is 9.53 Å². The molecule has 1 unspecified atom stereocenters. The smallest absolute Gasteiger partial charge is 0.245 e. The Labute approximate surface area is 112 Å². The first-order valence-corrected chi connectivity index (χ1v) is 6.93. The highest BCUT2D eigenvalue weighted by atomic mass is 79.9. The molecule has 0 aromatic heterocycles. The van der Waals surface area contributed by atoms with Crippen molar-refractivity contribution in [1.29, 1.82) is 0 Å². The fraction of sp³-hybridized carbons (Fsp3) is 0.364. The zero-order valence-corrected chi connectivity index (χ0v) is 11.7. The Balaban J connectivity index is 2.21. The monoisotopic (exact) mass is 316 g/mol. The summed E-state index contributed by atoms with van der Waals surface area (Å²) in [6.45, 7) is 0.695. The molecule has 0 radical (unpaired) electrons. The number of benzene rings is 1. The molecule has 3 N–H and O–H groups in total. The maximum Gasteiger partial charge on any atom is 0.245 e. The third-order valence-corrected chi connectivity index (χ3v) is 4.46. The fourth-order valence-corrected chi connectivity index (χ4v) is 3.20. The van der Waals surface area contributed by atoms with E-state index in [1.165, 1.54) is 0 Å². The second kappa shape index (κ2) is 5.39. The minimum absolute atomic E-state index is 0.147. The van der Waals surface area contributed by atoms with Crippen LogP contribution < -0.4 is 11.1 Å². The van der Waals surface area contributed by atoms with Gasteiger partial charge in [-0.15, -0.1) is 11.8 Å². The van der Waals surface area contributed by atoms with Crippen LogP contribution in [0, 0.1) is 0 Å². The standard InChI is InChI=1S/C11H13BrN2O2S/c1-16-2-3-17-9-5-8-6(4-7(9)12)10(13)11(15)14-8/h4-5,10H,2-3,13H2,1H3,(H,14,15). The number of nitrogens with one attached hydrogen (secondary N) is 1. The topological polar surface area (TPSA) is 64.3 Å². The molecule has 1 aliphatic heterocycles. The molecule has 17 heavy (non-hydrogen) atoms. The van der Waals surface area contributed by atoms with Crippen LogP contribution in [0.15, 0.2) is 21.5 Å². The lowest BCUT2D eigenvalue weighted by atomic mass is 10.1. The van der Waals surface area contributed by atoms with E-state index in [4.69, 9.17) is 10.5 Å². The summed E-state index contributed by atoms with van der Waals surface area (Å²) in [5, 5.41) is 2.78. The van der Waals surface area contributed by atoms with Crippen LogP contribution in [0.4, 0.5) is 5.69 Å². The van der Waals surface area contributed by atoms with E-state index in [0.717, 1.165) is 26.4 Å². The van der Waals surface area contributed by atoms with Gasteiger partial charge in [-0.3, -0.25) is 4.79 Å². The molecule has 1 aliphatic rings. The number of nitrogens with two attached hydrogens (primary N) is 1. The number of carbonyl (C=O) groups excluding carboxylic acids is 1. The van der Waals surface area contributed by atoms with Crippen molar-refractivity contribution in [1.82, 2.24) is 0 Å². The molecule has 0 bridgehead atoms. The number of hydrogen-bond acceptors (Lipinski definition) is 4. The van der Waals surface area contributed by atoms with Crippen molar-refractivity contribution >= 4 is 39.3 Å². The van der Waals surface area contributed by atoms with E-state index in [-0.39, 0.29) is 5.91 Å². The van der Waals surface area contributed by atoms with Crippen molar-refractivity contribution < 1.29 is 9.53 Å². The number of rotatable bonds is 4. The van der Waals surface area contributed by atoms with E-state index in [0.29, 0.717) is 6.61 Å². The number of ether oxygens (including phenoxy) is 1. The summed E-state index contributed by atoms with van der Waals surface area (Å²) in [6, 6.07) is 3.30. The summed E-state index contributed by atoms with van der Waals surface area (Å²) < 4.78 is 5.97. The minimum Gasteiger partial charge on any atom is -0.384 e. The van der Waals surface area contributed by atoms with Crippen molar-refractivity contribution in [2.45, 2.75) is 10.9 Å². The van der Waals surface area contributed by atoms with Crippen LogP contribution in [0.5, 0.6) is 0 Å². The predicted octanol–water partition coefficient (Wildman–Crippen LogP) is 2.14. The van der Waals surface area contributed by atoms with E-state index in [9.17, 15) is 4.79 Å². The van der Waals surface area contributed by atoms with Gasteiger partial charge in [0.15, 0.2) is 0 Å². The summed E-state index contributed by atoms with van der Waals surface area (Å²) >= 11 is 5.17. The zero-order valence-electron chi connectivity index (χ0n) is 9.33.